The second-order valence-corrected chi connectivity index (χ2v) is 5.55. The van der Waals surface area contributed by atoms with Crippen molar-refractivity contribution in [1.82, 2.24) is 0 Å². The second-order valence-electron chi connectivity index (χ2n) is 5.55. The molecule has 0 aliphatic carbocycles. The molecule has 0 aromatic heterocycles. The summed E-state index contributed by atoms with van der Waals surface area (Å²) in [6, 6.07) is 14.0. The predicted octanol–water partition coefficient (Wildman–Crippen LogP) is 3.77. The SMILES string of the molecule is COc1ccc(C(C)(C)Nc2ccc3c(c2)OCO3)cc1. The van der Waals surface area contributed by atoms with E-state index in [-0.39, 0.29) is 5.54 Å². The molecule has 1 N–H and O–H groups in total. The number of rotatable bonds is 4. The van der Waals surface area contributed by atoms with Crippen molar-refractivity contribution in [1.29, 1.82) is 0 Å². The van der Waals surface area contributed by atoms with Gasteiger partial charge in [-0.3, -0.25) is 0 Å². The van der Waals surface area contributed by atoms with Crippen molar-refractivity contribution in [3.8, 4) is 17.2 Å². The van der Waals surface area contributed by atoms with Crippen molar-refractivity contribution in [3.63, 3.8) is 0 Å². The van der Waals surface area contributed by atoms with Crippen LogP contribution in [0.2, 0.25) is 0 Å². The highest BCUT2D eigenvalue weighted by molar-refractivity contribution is 5.57. The van der Waals surface area contributed by atoms with E-state index in [2.05, 4.69) is 31.3 Å². The first kappa shape index (κ1) is 13.6. The molecule has 0 spiro atoms. The zero-order valence-electron chi connectivity index (χ0n) is 12.5. The minimum atomic E-state index is -0.208. The van der Waals surface area contributed by atoms with Gasteiger partial charge < -0.3 is 19.5 Å². The second kappa shape index (κ2) is 5.20. The van der Waals surface area contributed by atoms with Gasteiger partial charge in [-0.25, -0.2) is 0 Å². The molecule has 0 unspecified atom stereocenters. The van der Waals surface area contributed by atoms with Gasteiger partial charge in [0, 0.05) is 11.8 Å². The van der Waals surface area contributed by atoms with E-state index in [1.807, 2.05) is 30.3 Å². The largest absolute Gasteiger partial charge is 0.497 e. The van der Waals surface area contributed by atoms with Crippen molar-refractivity contribution in [3.05, 3.63) is 48.0 Å². The Labute approximate surface area is 124 Å². The highest BCUT2D eigenvalue weighted by Crippen LogP contribution is 2.36. The number of hydrogen-bond donors (Lipinski definition) is 1. The van der Waals surface area contributed by atoms with Crippen molar-refractivity contribution >= 4 is 5.69 Å². The summed E-state index contributed by atoms with van der Waals surface area (Å²) in [6.07, 6.45) is 0. The lowest BCUT2D eigenvalue weighted by Gasteiger charge is -2.28. The van der Waals surface area contributed by atoms with Crippen LogP contribution in [0.3, 0.4) is 0 Å². The lowest BCUT2D eigenvalue weighted by atomic mass is 9.94. The first-order valence-corrected chi connectivity index (χ1v) is 6.91. The highest BCUT2D eigenvalue weighted by atomic mass is 16.7. The Morgan fingerprint density at radius 1 is 1.00 bits per heavy atom. The Bertz CT molecular complexity index is 635. The lowest BCUT2D eigenvalue weighted by molar-refractivity contribution is 0.174. The Hall–Kier alpha value is -2.36. The molecule has 3 rings (SSSR count). The van der Waals surface area contributed by atoms with Crippen LogP contribution in [0, 0.1) is 0 Å². The Balaban J connectivity index is 1.81. The molecule has 0 bridgehead atoms. The fraction of sp³-hybridized carbons (Fsp3) is 0.294. The van der Waals surface area contributed by atoms with E-state index < -0.39 is 0 Å². The molecule has 4 heteroatoms. The van der Waals surface area contributed by atoms with Crippen LogP contribution in [-0.4, -0.2) is 13.9 Å². The third-order valence-corrected chi connectivity index (χ3v) is 3.64. The number of fused-ring (bicyclic) bond motifs is 1. The normalized spacial score (nSPS) is 13.1. The zero-order valence-corrected chi connectivity index (χ0v) is 12.5. The molecule has 0 saturated heterocycles. The van der Waals surface area contributed by atoms with Crippen LogP contribution in [0.15, 0.2) is 42.5 Å². The van der Waals surface area contributed by atoms with E-state index >= 15 is 0 Å². The molecule has 2 aromatic carbocycles. The lowest BCUT2D eigenvalue weighted by Crippen LogP contribution is -2.27. The van der Waals surface area contributed by atoms with Gasteiger partial charge in [-0.2, -0.15) is 0 Å². The number of ether oxygens (including phenoxy) is 3. The van der Waals surface area contributed by atoms with E-state index in [9.17, 15) is 0 Å². The van der Waals surface area contributed by atoms with Gasteiger partial charge in [0.25, 0.3) is 0 Å². The van der Waals surface area contributed by atoms with Crippen LogP contribution in [0.1, 0.15) is 19.4 Å². The molecule has 1 heterocycles. The van der Waals surface area contributed by atoms with E-state index in [0.717, 1.165) is 22.9 Å². The maximum absolute atomic E-state index is 5.41. The third kappa shape index (κ3) is 2.75. The van der Waals surface area contributed by atoms with Gasteiger partial charge in [0.2, 0.25) is 6.79 Å². The summed E-state index contributed by atoms with van der Waals surface area (Å²) in [5.41, 5.74) is 1.97. The molecule has 21 heavy (non-hydrogen) atoms. The maximum atomic E-state index is 5.41. The average Bonchev–Trinajstić information content (AvgIpc) is 2.94. The van der Waals surface area contributed by atoms with Gasteiger partial charge in [0.1, 0.15) is 5.75 Å². The average molecular weight is 285 g/mol. The Morgan fingerprint density at radius 2 is 1.71 bits per heavy atom. The summed E-state index contributed by atoms with van der Waals surface area (Å²) >= 11 is 0. The van der Waals surface area contributed by atoms with Crippen molar-refractivity contribution in [2.24, 2.45) is 0 Å². The van der Waals surface area contributed by atoms with Gasteiger partial charge in [-0.05, 0) is 43.7 Å². The van der Waals surface area contributed by atoms with Gasteiger partial charge in [-0.15, -0.1) is 0 Å². The number of benzene rings is 2. The predicted molar refractivity (Wildman–Crippen MR) is 82.2 cm³/mol. The van der Waals surface area contributed by atoms with E-state index in [1.54, 1.807) is 7.11 Å². The Morgan fingerprint density at radius 3 is 2.43 bits per heavy atom. The molecule has 2 aromatic rings. The summed E-state index contributed by atoms with van der Waals surface area (Å²) < 4.78 is 15.9. The summed E-state index contributed by atoms with van der Waals surface area (Å²) in [4.78, 5) is 0. The molecule has 0 amide bonds. The van der Waals surface area contributed by atoms with Gasteiger partial charge in [0.15, 0.2) is 11.5 Å². The number of nitrogens with one attached hydrogen (secondary N) is 1. The van der Waals surface area contributed by atoms with Crippen LogP contribution < -0.4 is 19.5 Å². The van der Waals surface area contributed by atoms with Crippen LogP contribution in [0.4, 0.5) is 5.69 Å². The van der Waals surface area contributed by atoms with Gasteiger partial charge in [-0.1, -0.05) is 12.1 Å². The molecule has 0 radical (unpaired) electrons. The number of anilines is 1. The van der Waals surface area contributed by atoms with Gasteiger partial charge >= 0.3 is 0 Å². The minimum Gasteiger partial charge on any atom is -0.497 e. The third-order valence-electron chi connectivity index (χ3n) is 3.64. The summed E-state index contributed by atoms with van der Waals surface area (Å²) in [7, 11) is 1.67. The van der Waals surface area contributed by atoms with Crippen molar-refractivity contribution in [2.45, 2.75) is 19.4 Å². The molecule has 0 saturated carbocycles. The molecule has 0 atom stereocenters. The quantitative estimate of drug-likeness (QED) is 0.928. The van der Waals surface area contributed by atoms with Crippen molar-refractivity contribution in [2.75, 3.05) is 19.2 Å². The maximum Gasteiger partial charge on any atom is 0.231 e. The minimum absolute atomic E-state index is 0.208. The molecule has 0 fully saturated rings. The molecule has 4 nitrogen and oxygen atoms in total. The van der Waals surface area contributed by atoms with Crippen LogP contribution >= 0.6 is 0 Å². The summed E-state index contributed by atoms with van der Waals surface area (Å²) in [5.74, 6) is 2.44. The number of hydrogen-bond acceptors (Lipinski definition) is 4. The van der Waals surface area contributed by atoms with E-state index in [1.165, 1.54) is 5.56 Å². The molecule has 1 aliphatic heterocycles. The van der Waals surface area contributed by atoms with E-state index in [0.29, 0.717) is 6.79 Å². The first-order valence-electron chi connectivity index (χ1n) is 6.91. The van der Waals surface area contributed by atoms with Gasteiger partial charge in [0.05, 0.1) is 12.6 Å². The van der Waals surface area contributed by atoms with Crippen LogP contribution in [0.5, 0.6) is 17.2 Å². The fourth-order valence-corrected chi connectivity index (χ4v) is 2.41. The molecule has 1 aliphatic rings. The molecular formula is C17H19NO3. The molecule has 110 valence electrons. The van der Waals surface area contributed by atoms with E-state index in [4.69, 9.17) is 14.2 Å². The number of methoxy groups -OCH3 is 1. The van der Waals surface area contributed by atoms with Crippen LogP contribution in [0.25, 0.3) is 0 Å². The van der Waals surface area contributed by atoms with Crippen molar-refractivity contribution < 1.29 is 14.2 Å². The topological polar surface area (TPSA) is 39.7 Å². The highest BCUT2D eigenvalue weighted by Gasteiger charge is 2.21. The summed E-state index contributed by atoms with van der Waals surface area (Å²) in [6.45, 7) is 4.57. The monoisotopic (exact) mass is 285 g/mol. The molecular weight excluding hydrogens is 266 g/mol. The fourth-order valence-electron chi connectivity index (χ4n) is 2.41. The summed E-state index contributed by atoms with van der Waals surface area (Å²) in [5, 5.41) is 3.53. The standard InChI is InChI=1S/C17H19NO3/c1-17(2,12-4-7-14(19-3)8-5-12)18-13-6-9-15-16(10-13)21-11-20-15/h4-10,18H,11H2,1-3H3. The smallest absolute Gasteiger partial charge is 0.231 e. The van der Waals surface area contributed by atoms with Crippen LogP contribution in [-0.2, 0) is 5.54 Å². The zero-order chi connectivity index (χ0) is 14.9. The first-order chi connectivity index (χ1) is 10.1. The Kier molecular flexibility index (Phi) is 3.37.